The van der Waals surface area contributed by atoms with Crippen molar-refractivity contribution < 1.29 is 18.7 Å². The van der Waals surface area contributed by atoms with Gasteiger partial charge < -0.3 is 5.11 Å². The van der Waals surface area contributed by atoms with Crippen molar-refractivity contribution in [3.8, 4) is 0 Å². The van der Waals surface area contributed by atoms with E-state index in [9.17, 15) is 13.6 Å². The Morgan fingerprint density at radius 1 is 1.44 bits per heavy atom. The minimum atomic E-state index is -2.41. The highest BCUT2D eigenvalue weighted by atomic mass is 19.3. The van der Waals surface area contributed by atoms with Crippen molar-refractivity contribution in [2.45, 2.75) is 32.1 Å². The van der Waals surface area contributed by atoms with Gasteiger partial charge in [-0.15, -0.1) is 0 Å². The highest BCUT2D eigenvalue weighted by Crippen LogP contribution is 2.24. The maximum atomic E-state index is 12.2. The fourth-order valence-corrected chi connectivity index (χ4v) is 1.39. The van der Waals surface area contributed by atoms with Crippen LogP contribution >= 0.6 is 0 Å². The molecule has 1 rings (SSSR count). The first-order valence-corrected chi connectivity index (χ1v) is 4.95. The molecule has 2 nitrogen and oxygen atoms in total. The van der Waals surface area contributed by atoms with Gasteiger partial charge in [-0.25, -0.2) is 8.78 Å². The van der Waals surface area contributed by atoms with Crippen molar-refractivity contribution in [1.29, 1.82) is 0 Å². The van der Waals surface area contributed by atoms with Gasteiger partial charge in [-0.05, 0) is 25.0 Å². The lowest BCUT2D eigenvalue weighted by atomic mass is 9.84. The topological polar surface area (TPSA) is 37.3 Å². The summed E-state index contributed by atoms with van der Waals surface area (Å²) >= 11 is 0. The van der Waals surface area contributed by atoms with Gasteiger partial charge in [0.1, 0.15) is 0 Å². The molecule has 0 aliphatic rings. The lowest BCUT2D eigenvalue weighted by molar-refractivity contribution is -0.142. The van der Waals surface area contributed by atoms with Crippen LogP contribution in [0.4, 0.5) is 8.78 Å². The molecule has 0 bridgehead atoms. The first kappa shape index (κ1) is 12.6. The molecule has 0 unspecified atom stereocenters. The number of aliphatic carboxylic acids is 1. The van der Waals surface area contributed by atoms with E-state index in [4.69, 9.17) is 5.11 Å². The lowest BCUT2D eigenvalue weighted by Gasteiger charge is -2.20. The van der Waals surface area contributed by atoms with Gasteiger partial charge in [-0.1, -0.05) is 24.3 Å². The number of alkyl halides is 2. The zero-order valence-electron chi connectivity index (χ0n) is 9.21. The quantitative estimate of drug-likeness (QED) is 0.860. The first-order valence-electron chi connectivity index (χ1n) is 4.95. The zero-order chi connectivity index (χ0) is 12.3. The molecule has 88 valence electrons. The molecule has 0 aliphatic carbocycles. The van der Waals surface area contributed by atoms with Gasteiger partial charge in [0, 0.05) is 6.42 Å². The highest BCUT2D eigenvalue weighted by Gasteiger charge is 2.29. The number of carboxylic acids is 1. The number of hydrogen-bond acceptors (Lipinski definition) is 1. The second-order valence-corrected chi connectivity index (χ2v) is 4.23. The van der Waals surface area contributed by atoms with Crippen LogP contribution in [-0.4, -0.2) is 17.5 Å². The first-order chi connectivity index (χ1) is 7.34. The molecule has 1 aromatic rings. The fourth-order valence-electron chi connectivity index (χ4n) is 1.39. The predicted octanol–water partition coefficient (Wildman–Crippen LogP) is 2.86. The smallest absolute Gasteiger partial charge is 0.313 e. The van der Waals surface area contributed by atoms with Gasteiger partial charge in [-0.2, -0.15) is 0 Å². The van der Waals surface area contributed by atoms with Crippen LogP contribution in [0, 0.1) is 0 Å². The van der Waals surface area contributed by atoms with Gasteiger partial charge in [0.05, 0.1) is 5.41 Å². The van der Waals surface area contributed by atoms with Crippen molar-refractivity contribution in [3.05, 3.63) is 35.4 Å². The number of carbonyl (C=O) groups is 1. The molecule has 0 heterocycles. The molecule has 16 heavy (non-hydrogen) atoms. The fraction of sp³-hybridized carbons (Fsp3) is 0.417. The van der Waals surface area contributed by atoms with Crippen molar-refractivity contribution in [3.63, 3.8) is 0 Å². The Bertz CT molecular complexity index is 386. The molecular weight excluding hydrogens is 214 g/mol. The van der Waals surface area contributed by atoms with E-state index in [1.54, 1.807) is 32.0 Å². The largest absolute Gasteiger partial charge is 0.481 e. The third-order valence-electron chi connectivity index (χ3n) is 2.57. The molecule has 0 atom stereocenters. The van der Waals surface area contributed by atoms with Gasteiger partial charge >= 0.3 is 5.97 Å². The van der Waals surface area contributed by atoms with E-state index in [0.717, 1.165) is 0 Å². The van der Waals surface area contributed by atoms with Gasteiger partial charge in [0.15, 0.2) is 0 Å². The summed E-state index contributed by atoms with van der Waals surface area (Å²) in [6.45, 7) is 3.10. The summed E-state index contributed by atoms with van der Waals surface area (Å²) in [5.41, 5.74) is -0.0574. The van der Waals surface area contributed by atoms with Gasteiger partial charge in [0.2, 0.25) is 6.43 Å². The van der Waals surface area contributed by atoms with E-state index in [-0.39, 0.29) is 6.42 Å². The minimum Gasteiger partial charge on any atom is -0.481 e. The van der Waals surface area contributed by atoms with E-state index >= 15 is 0 Å². The van der Waals surface area contributed by atoms with Crippen LogP contribution in [0.2, 0.25) is 0 Å². The third kappa shape index (κ3) is 2.78. The maximum Gasteiger partial charge on any atom is 0.313 e. The SMILES string of the molecule is CC(C)(C(=O)O)c1cccc(CC(F)F)c1. The summed E-state index contributed by atoms with van der Waals surface area (Å²) in [4.78, 5) is 11.0. The normalized spacial score (nSPS) is 11.8. The Labute approximate surface area is 92.9 Å². The van der Waals surface area contributed by atoms with E-state index in [1.807, 2.05) is 0 Å². The second kappa shape index (κ2) is 4.60. The minimum absolute atomic E-state index is 0.344. The molecule has 0 saturated carbocycles. The number of carboxylic acid groups (broad SMARTS) is 1. The zero-order valence-corrected chi connectivity index (χ0v) is 9.21. The summed E-state index contributed by atoms with van der Waals surface area (Å²) in [6.07, 6.45) is -2.76. The lowest BCUT2D eigenvalue weighted by Crippen LogP contribution is -2.28. The van der Waals surface area contributed by atoms with Crippen LogP contribution in [0.25, 0.3) is 0 Å². The number of halogens is 2. The summed E-state index contributed by atoms with van der Waals surface area (Å²) < 4.78 is 24.4. The molecule has 1 N–H and O–H groups in total. The van der Waals surface area contributed by atoms with Crippen LogP contribution in [0.3, 0.4) is 0 Å². The molecule has 4 heteroatoms. The van der Waals surface area contributed by atoms with E-state index in [2.05, 4.69) is 0 Å². The van der Waals surface area contributed by atoms with E-state index < -0.39 is 17.8 Å². The van der Waals surface area contributed by atoms with Crippen molar-refractivity contribution >= 4 is 5.97 Å². The molecule has 0 saturated heterocycles. The van der Waals surface area contributed by atoms with Gasteiger partial charge in [0.25, 0.3) is 0 Å². The van der Waals surface area contributed by atoms with Crippen LogP contribution in [0.1, 0.15) is 25.0 Å². The molecule has 0 aromatic heterocycles. The summed E-state index contributed by atoms with van der Waals surface area (Å²) in [5.74, 6) is -0.971. The number of benzene rings is 1. The third-order valence-corrected chi connectivity index (χ3v) is 2.57. The Kier molecular flexibility index (Phi) is 3.62. The van der Waals surface area contributed by atoms with Crippen LogP contribution < -0.4 is 0 Å². The maximum absolute atomic E-state index is 12.2. The Hall–Kier alpha value is -1.45. The van der Waals surface area contributed by atoms with Crippen molar-refractivity contribution in [2.24, 2.45) is 0 Å². The van der Waals surface area contributed by atoms with Gasteiger partial charge in [-0.3, -0.25) is 4.79 Å². The Balaban J connectivity index is 3.03. The van der Waals surface area contributed by atoms with Crippen molar-refractivity contribution in [2.75, 3.05) is 0 Å². The van der Waals surface area contributed by atoms with Crippen molar-refractivity contribution in [1.82, 2.24) is 0 Å². The predicted molar refractivity (Wildman–Crippen MR) is 56.8 cm³/mol. The van der Waals surface area contributed by atoms with E-state index in [0.29, 0.717) is 11.1 Å². The molecule has 0 amide bonds. The highest BCUT2D eigenvalue weighted by molar-refractivity contribution is 5.80. The second-order valence-electron chi connectivity index (χ2n) is 4.23. The number of hydrogen-bond donors (Lipinski definition) is 1. The van der Waals surface area contributed by atoms with E-state index in [1.165, 1.54) is 6.07 Å². The van der Waals surface area contributed by atoms with Crippen LogP contribution in [0.5, 0.6) is 0 Å². The monoisotopic (exact) mass is 228 g/mol. The molecule has 0 fully saturated rings. The molecule has 1 aromatic carbocycles. The summed E-state index contributed by atoms with van der Waals surface area (Å²) in [7, 11) is 0. The molecule has 0 aliphatic heterocycles. The summed E-state index contributed by atoms with van der Waals surface area (Å²) in [6, 6.07) is 6.36. The Morgan fingerprint density at radius 2 is 2.06 bits per heavy atom. The molecule has 0 radical (unpaired) electrons. The standard InChI is InChI=1S/C12H14F2O2/c1-12(2,11(15)16)9-5-3-4-8(6-9)7-10(13)14/h3-6,10H,7H2,1-2H3,(H,15,16). The Morgan fingerprint density at radius 3 is 2.56 bits per heavy atom. The van der Waals surface area contributed by atoms with Crippen LogP contribution in [0.15, 0.2) is 24.3 Å². The number of rotatable bonds is 4. The molecule has 0 spiro atoms. The average Bonchev–Trinajstić information content (AvgIpc) is 2.16. The van der Waals surface area contributed by atoms with Crippen LogP contribution in [-0.2, 0) is 16.6 Å². The average molecular weight is 228 g/mol. The molecular formula is C12H14F2O2. The summed E-state index contributed by atoms with van der Waals surface area (Å²) in [5, 5.41) is 9.02.